The lowest BCUT2D eigenvalue weighted by molar-refractivity contribution is -0.256. The van der Waals surface area contributed by atoms with Gasteiger partial charge in [-0.1, -0.05) is 37.3 Å². The largest absolute Gasteiger partial charge is 0.386 e. The van der Waals surface area contributed by atoms with Crippen molar-refractivity contribution in [2.45, 2.75) is 26.3 Å². The number of hydrogen-bond acceptors (Lipinski definition) is 8. The second kappa shape index (κ2) is 9.86. The summed E-state index contributed by atoms with van der Waals surface area (Å²) < 4.78 is 0. The third kappa shape index (κ3) is 4.72. The van der Waals surface area contributed by atoms with Crippen molar-refractivity contribution in [1.82, 2.24) is 15.0 Å². The fourth-order valence-corrected chi connectivity index (χ4v) is 3.34. The quantitative estimate of drug-likeness (QED) is 0.558. The highest BCUT2D eigenvalue weighted by Gasteiger charge is 2.43. The van der Waals surface area contributed by atoms with Gasteiger partial charge in [0.1, 0.15) is 5.70 Å². The Bertz CT molecular complexity index is 978. The van der Waals surface area contributed by atoms with Gasteiger partial charge in [0.05, 0.1) is 23.5 Å². The van der Waals surface area contributed by atoms with Crippen molar-refractivity contribution in [3.05, 3.63) is 71.7 Å². The van der Waals surface area contributed by atoms with Crippen LogP contribution < -0.4 is 5.32 Å². The third-order valence-electron chi connectivity index (χ3n) is 4.81. The van der Waals surface area contributed by atoms with Crippen LogP contribution in [0.1, 0.15) is 31.9 Å². The van der Waals surface area contributed by atoms with Gasteiger partial charge >= 0.3 is 11.9 Å². The number of anilines is 1. The molecule has 1 atom stereocenters. The van der Waals surface area contributed by atoms with Crippen LogP contribution in [-0.2, 0) is 24.2 Å². The first-order valence-electron chi connectivity index (χ1n) is 9.90. The first-order chi connectivity index (χ1) is 15.0. The molecule has 0 radical (unpaired) electrons. The van der Waals surface area contributed by atoms with E-state index in [-0.39, 0.29) is 17.7 Å². The number of carbonyl (C=O) groups excluding carboxylic acids is 3. The maximum atomic E-state index is 13.3. The summed E-state index contributed by atoms with van der Waals surface area (Å²) in [5, 5.41) is 6.20. The minimum atomic E-state index is -0.932. The highest BCUT2D eigenvalue weighted by molar-refractivity contribution is 6.06. The Morgan fingerprint density at radius 1 is 1.10 bits per heavy atom. The molecular formula is C22H24N4O5. The maximum Gasteiger partial charge on any atom is 0.386 e. The van der Waals surface area contributed by atoms with E-state index >= 15 is 0 Å². The van der Waals surface area contributed by atoms with Crippen LogP contribution in [0.25, 0.3) is 0 Å². The molecule has 31 heavy (non-hydrogen) atoms. The van der Waals surface area contributed by atoms with Crippen LogP contribution >= 0.6 is 0 Å². The molecule has 9 heteroatoms. The van der Waals surface area contributed by atoms with Crippen molar-refractivity contribution in [3.63, 3.8) is 0 Å². The number of pyridine rings is 1. The lowest BCUT2D eigenvalue weighted by Gasteiger charge is -2.42. The molecule has 3 rings (SSSR count). The van der Waals surface area contributed by atoms with E-state index in [2.05, 4.69) is 15.2 Å². The summed E-state index contributed by atoms with van der Waals surface area (Å²) in [7, 11) is 1.71. The zero-order chi connectivity index (χ0) is 22.4. The first-order valence-corrected chi connectivity index (χ1v) is 9.90. The molecule has 2 heterocycles. The molecule has 1 amide bonds. The minimum absolute atomic E-state index is 0.0242. The fourth-order valence-electron chi connectivity index (χ4n) is 3.34. The highest BCUT2D eigenvalue weighted by Crippen LogP contribution is 2.36. The number of rotatable bonds is 6. The average molecular weight is 424 g/mol. The summed E-state index contributed by atoms with van der Waals surface area (Å²) in [5.41, 5.74) is 1.33. The third-order valence-corrected chi connectivity index (χ3v) is 4.81. The van der Waals surface area contributed by atoms with Gasteiger partial charge in [-0.15, -0.1) is 0 Å². The van der Waals surface area contributed by atoms with Gasteiger partial charge in [0, 0.05) is 26.2 Å². The highest BCUT2D eigenvalue weighted by atomic mass is 17.2. The Labute approximate surface area is 180 Å². The van der Waals surface area contributed by atoms with Gasteiger partial charge in [-0.2, -0.15) is 0 Å². The van der Waals surface area contributed by atoms with Crippen LogP contribution in [0.4, 0.5) is 5.69 Å². The molecule has 1 N–H and O–H groups in total. The predicted octanol–water partition coefficient (Wildman–Crippen LogP) is 2.61. The van der Waals surface area contributed by atoms with E-state index in [0.717, 1.165) is 5.56 Å². The minimum Gasteiger partial charge on any atom is -0.349 e. The van der Waals surface area contributed by atoms with Crippen LogP contribution in [0.3, 0.4) is 0 Å². The van der Waals surface area contributed by atoms with Gasteiger partial charge in [-0.05, 0) is 24.6 Å². The van der Waals surface area contributed by atoms with Crippen molar-refractivity contribution in [3.8, 4) is 0 Å². The van der Waals surface area contributed by atoms with E-state index in [1.54, 1.807) is 37.3 Å². The summed E-state index contributed by atoms with van der Waals surface area (Å²) in [4.78, 5) is 51.4. The van der Waals surface area contributed by atoms with Gasteiger partial charge in [0.15, 0.2) is 0 Å². The Morgan fingerprint density at radius 3 is 2.45 bits per heavy atom. The van der Waals surface area contributed by atoms with E-state index in [0.29, 0.717) is 12.2 Å². The molecular weight excluding hydrogens is 400 g/mol. The molecule has 0 spiro atoms. The molecule has 2 aromatic rings. The lowest BCUT2D eigenvalue weighted by atomic mass is 9.94. The molecule has 1 aliphatic heterocycles. The summed E-state index contributed by atoms with van der Waals surface area (Å²) in [6.07, 6.45) is 3.17. The number of hydrazine groups is 1. The van der Waals surface area contributed by atoms with Gasteiger partial charge in [0.25, 0.3) is 5.91 Å². The Hall–Kier alpha value is -3.72. The fraction of sp³-hybridized carbons (Fsp3) is 0.273. The molecule has 9 nitrogen and oxygen atoms in total. The van der Waals surface area contributed by atoms with Crippen molar-refractivity contribution in [2.24, 2.45) is 0 Å². The van der Waals surface area contributed by atoms with Gasteiger partial charge in [0.2, 0.25) is 0 Å². The Balaban J connectivity index is 2.14. The zero-order valence-electron chi connectivity index (χ0n) is 17.6. The molecule has 0 fully saturated rings. The second-order valence-electron chi connectivity index (χ2n) is 6.74. The SMILES string of the molecule is CCC(=O)OOC(=O)C1=C(Nc2cccnc2)C(=O)N(CC)N(C)C1c1ccccc1. The average Bonchev–Trinajstić information content (AvgIpc) is 2.80. The zero-order valence-corrected chi connectivity index (χ0v) is 17.6. The van der Waals surface area contributed by atoms with Crippen molar-refractivity contribution in [1.29, 1.82) is 0 Å². The number of carbonyl (C=O) groups is 3. The molecule has 0 aliphatic carbocycles. The summed E-state index contributed by atoms with van der Waals surface area (Å²) >= 11 is 0. The number of aromatic nitrogens is 1. The molecule has 162 valence electrons. The Morgan fingerprint density at radius 2 is 1.84 bits per heavy atom. The number of nitrogens with zero attached hydrogens (tertiary/aromatic N) is 3. The molecule has 1 unspecified atom stereocenters. The lowest BCUT2D eigenvalue weighted by Crippen LogP contribution is -2.53. The summed E-state index contributed by atoms with van der Waals surface area (Å²) in [6.45, 7) is 3.79. The van der Waals surface area contributed by atoms with Crippen LogP contribution in [0, 0.1) is 0 Å². The van der Waals surface area contributed by atoms with E-state index in [1.807, 2.05) is 37.3 Å². The van der Waals surface area contributed by atoms with Crippen LogP contribution in [0.2, 0.25) is 0 Å². The Kier molecular flexibility index (Phi) is 6.99. The number of hydrogen-bond donors (Lipinski definition) is 1. The first kappa shape index (κ1) is 22.0. The van der Waals surface area contributed by atoms with E-state index < -0.39 is 23.9 Å². The topological polar surface area (TPSA) is 101 Å². The predicted molar refractivity (Wildman–Crippen MR) is 112 cm³/mol. The molecule has 0 saturated carbocycles. The number of benzene rings is 1. The van der Waals surface area contributed by atoms with E-state index in [1.165, 1.54) is 11.2 Å². The summed E-state index contributed by atoms with van der Waals surface area (Å²) in [5.74, 6) is -2.05. The second-order valence-corrected chi connectivity index (χ2v) is 6.74. The maximum absolute atomic E-state index is 13.3. The van der Waals surface area contributed by atoms with Crippen molar-refractivity contribution in [2.75, 3.05) is 18.9 Å². The van der Waals surface area contributed by atoms with Crippen LogP contribution in [-0.4, -0.2) is 46.4 Å². The molecule has 1 aromatic heterocycles. The van der Waals surface area contributed by atoms with E-state index in [4.69, 9.17) is 4.89 Å². The van der Waals surface area contributed by atoms with Crippen LogP contribution in [0.5, 0.6) is 0 Å². The van der Waals surface area contributed by atoms with Gasteiger partial charge in [-0.25, -0.2) is 24.4 Å². The molecule has 1 aliphatic rings. The smallest absolute Gasteiger partial charge is 0.349 e. The number of nitrogens with one attached hydrogen (secondary N) is 1. The number of likely N-dealkylation sites (N-methyl/N-ethyl adjacent to an activating group) is 2. The van der Waals surface area contributed by atoms with E-state index in [9.17, 15) is 14.4 Å². The molecule has 0 bridgehead atoms. The van der Waals surface area contributed by atoms with Crippen molar-refractivity contribution >= 4 is 23.5 Å². The van der Waals surface area contributed by atoms with Crippen LogP contribution in [0.15, 0.2) is 66.1 Å². The molecule has 0 saturated heterocycles. The monoisotopic (exact) mass is 424 g/mol. The standard InChI is InChI=1S/C22H24N4O5/c1-4-17(27)30-31-22(29)18-19(24-16-12-9-13-23-14-16)21(28)26(5-2)25(3)20(18)15-10-7-6-8-11-15/h6-14,20,24H,4-5H2,1-3H3. The van der Waals surface area contributed by atoms with Gasteiger partial charge < -0.3 is 5.32 Å². The van der Waals surface area contributed by atoms with Gasteiger partial charge in [-0.3, -0.25) is 14.8 Å². The summed E-state index contributed by atoms with van der Waals surface area (Å²) in [6, 6.07) is 12.0. The molecule has 1 aromatic carbocycles. The van der Waals surface area contributed by atoms with Crippen molar-refractivity contribution < 1.29 is 24.2 Å². The number of amides is 1. The normalized spacial score (nSPS) is 16.8.